The highest BCUT2D eigenvalue weighted by Crippen LogP contribution is 2.40. The Kier molecular flexibility index (Phi) is 5.25. The number of tetrazole rings is 1. The number of aromatic nitrogens is 4. The van der Waals surface area contributed by atoms with Gasteiger partial charge in [-0.05, 0) is 48.4 Å². The second kappa shape index (κ2) is 7.65. The van der Waals surface area contributed by atoms with Gasteiger partial charge < -0.3 is 5.32 Å². The number of hydrogen-bond donors (Lipinski definition) is 2. The quantitative estimate of drug-likeness (QED) is 0.808. The normalized spacial score (nSPS) is 24.8. The molecule has 0 radical (unpaired) electrons. The molecule has 0 atom stereocenters. The summed E-state index contributed by atoms with van der Waals surface area (Å²) >= 11 is 0. The maximum absolute atomic E-state index is 12.3. The molecule has 2 N–H and O–H groups in total. The third-order valence-electron chi connectivity index (χ3n) is 5.83. The fourth-order valence-electron chi connectivity index (χ4n) is 4.50. The van der Waals surface area contributed by atoms with E-state index in [9.17, 15) is 8.42 Å². The van der Waals surface area contributed by atoms with Crippen LogP contribution < -0.4 is 5.32 Å². The number of nitrogens with zero attached hydrogens (tertiary/aromatic N) is 4. The van der Waals surface area contributed by atoms with Gasteiger partial charge in [-0.3, -0.25) is 4.90 Å². The molecule has 2 aromatic rings. The molecule has 1 aliphatic carbocycles. The number of benzene rings is 1. The third kappa shape index (κ3) is 3.90. The molecule has 2 fully saturated rings. The molecule has 146 valence electrons. The summed E-state index contributed by atoms with van der Waals surface area (Å²) in [6.45, 7) is 4.37. The summed E-state index contributed by atoms with van der Waals surface area (Å²) in [6, 6.07) is 6.13. The first kappa shape index (κ1) is 18.5. The minimum atomic E-state index is -3.39. The van der Waals surface area contributed by atoms with Crippen LogP contribution in [-0.2, 0) is 9.84 Å². The Bertz CT molecular complexity index is 869. The molecule has 0 bridgehead atoms. The van der Waals surface area contributed by atoms with E-state index in [2.05, 4.69) is 30.8 Å². The molecule has 27 heavy (non-hydrogen) atoms. The summed E-state index contributed by atoms with van der Waals surface area (Å²) in [5.74, 6) is 0.676. The minimum absolute atomic E-state index is 0.283. The number of piperazine rings is 1. The van der Waals surface area contributed by atoms with E-state index in [-0.39, 0.29) is 4.90 Å². The lowest BCUT2D eigenvalue weighted by atomic mass is 9.79. The lowest BCUT2D eigenvalue weighted by molar-refractivity contribution is 0.133. The van der Waals surface area contributed by atoms with Gasteiger partial charge in [-0.15, -0.1) is 10.2 Å². The Labute approximate surface area is 159 Å². The van der Waals surface area contributed by atoms with Crippen molar-refractivity contribution in [2.24, 2.45) is 0 Å². The summed E-state index contributed by atoms with van der Waals surface area (Å²) in [5.41, 5.74) is 1.64. The maximum atomic E-state index is 12.3. The molecule has 9 heteroatoms. The predicted octanol–water partition coefficient (Wildman–Crippen LogP) is 1.20. The molecule has 2 heterocycles. The van der Waals surface area contributed by atoms with Crippen LogP contribution in [0.4, 0.5) is 0 Å². The van der Waals surface area contributed by atoms with Crippen LogP contribution in [-0.4, -0.2) is 72.4 Å². The van der Waals surface area contributed by atoms with Crippen LogP contribution in [0.5, 0.6) is 0 Å². The smallest absolute Gasteiger partial charge is 0.206 e. The maximum Gasteiger partial charge on any atom is 0.206 e. The van der Waals surface area contributed by atoms with Crippen LogP contribution in [0.2, 0.25) is 0 Å². The molecule has 2 aliphatic rings. The molecule has 0 unspecified atom stereocenters. The molecule has 8 nitrogen and oxygen atoms in total. The van der Waals surface area contributed by atoms with Crippen LogP contribution in [0.25, 0.3) is 11.4 Å². The largest absolute Gasteiger partial charge is 0.314 e. The van der Waals surface area contributed by atoms with Gasteiger partial charge in [0.05, 0.1) is 4.90 Å². The van der Waals surface area contributed by atoms with Crippen LogP contribution in [0.15, 0.2) is 23.1 Å². The molecular formula is C18H26N6O2S. The molecule has 0 amide bonds. The zero-order chi connectivity index (χ0) is 18.9. The summed E-state index contributed by atoms with van der Waals surface area (Å²) < 4.78 is 24.7. The summed E-state index contributed by atoms with van der Waals surface area (Å²) in [4.78, 5) is 2.88. The molecule has 1 saturated heterocycles. The zero-order valence-electron chi connectivity index (χ0n) is 15.6. The van der Waals surface area contributed by atoms with Crippen molar-refractivity contribution in [2.75, 3.05) is 32.4 Å². The molecular weight excluding hydrogens is 364 g/mol. The van der Waals surface area contributed by atoms with Crippen molar-refractivity contribution in [3.8, 4) is 11.4 Å². The zero-order valence-corrected chi connectivity index (χ0v) is 16.4. The highest BCUT2D eigenvalue weighted by Gasteiger charge is 2.31. The number of aromatic amines is 1. The summed E-state index contributed by atoms with van der Waals surface area (Å²) in [7, 11) is -3.39. The van der Waals surface area contributed by atoms with Crippen molar-refractivity contribution in [3.63, 3.8) is 0 Å². The lowest BCUT2D eigenvalue weighted by Crippen LogP contribution is -2.49. The van der Waals surface area contributed by atoms with Crippen molar-refractivity contribution in [1.29, 1.82) is 0 Å². The Balaban J connectivity index is 1.61. The monoisotopic (exact) mass is 390 g/mol. The van der Waals surface area contributed by atoms with Gasteiger partial charge in [0, 0.05) is 44.0 Å². The van der Waals surface area contributed by atoms with E-state index < -0.39 is 9.84 Å². The molecule has 1 saturated carbocycles. The fraction of sp³-hybridized carbons (Fsp3) is 0.611. The molecule has 0 spiro atoms. The van der Waals surface area contributed by atoms with Crippen molar-refractivity contribution < 1.29 is 8.42 Å². The van der Waals surface area contributed by atoms with Gasteiger partial charge in [0.2, 0.25) is 5.82 Å². The molecule has 1 aromatic carbocycles. The Morgan fingerprint density at radius 2 is 1.85 bits per heavy atom. The first-order valence-electron chi connectivity index (χ1n) is 9.55. The van der Waals surface area contributed by atoms with Gasteiger partial charge in [0.25, 0.3) is 0 Å². The number of nitrogens with one attached hydrogen (secondary N) is 2. The number of sulfone groups is 1. The van der Waals surface area contributed by atoms with E-state index in [4.69, 9.17) is 0 Å². The van der Waals surface area contributed by atoms with Crippen LogP contribution in [0.1, 0.15) is 37.2 Å². The Hall–Kier alpha value is -1.84. The average Bonchev–Trinajstić information content (AvgIpc) is 3.22. The fourth-order valence-corrected chi connectivity index (χ4v) is 5.41. The van der Waals surface area contributed by atoms with Crippen LogP contribution >= 0.6 is 0 Å². The van der Waals surface area contributed by atoms with E-state index >= 15 is 0 Å². The standard InChI is InChI=1S/C18H26N6O2S/c1-27(25,26)16-4-2-3-15(17(16)18-20-22-23-21-18)13-5-7-14(8-6-13)24-11-9-19-10-12-24/h2-4,13-14,19H,5-12H2,1H3,(H,20,21,22,23). The first-order valence-corrected chi connectivity index (χ1v) is 11.4. The van der Waals surface area contributed by atoms with Crippen LogP contribution in [0.3, 0.4) is 0 Å². The van der Waals surface area contributed by atoms with Gasteiger partial charge in [-0.2, -0.15) is 5.21 Å². The third-order valence-corrected chi connectivity index (χ3v) is 6.97. The SMILES string of the molecule is CS(=O)(=O)c1cccc(C2CCC(N3CCNCC3)CC2)c1-c1nn[nH]n1. The van der Waals surface area contributed by atoms with E-state index in [0.717, 1.165) is 57.4 Å². The molecule has 4 rings (SSSR count). The lowest BCUT2D eigenvalue weighted by Gasteiger charge is -2.39. The second-order valence-corrected chi connectivity index (χ2v) is 9.50. The van der Waals surface area contributed by atoms with Gasteiger partial charge in [0.1, 0.15) is 0 Å². The van der Waals surface area contributed by atoms with Gasteiger partial charge in [-0.25, -0.2) is 8.42 Å². The van der Waals surface area contributed by atoms with Crippen molar-refractivity contribution in [1.82, 2.24) is 30.8 Å². The average molecular weight is 391 g/mol. The number of rotatable bonds is 4. The summed E-state index contributed by atoms with van der Waals surface area (Å²) in [5, 5.41) is 17.7. The van der Waals surface area contributed by atoms with E-state index in [0.29, 0.717) is 23.3 Å². The van der Waals surface area contributed by atoms with E-state index in [1.807, 2.05) is 12.1 Å². The highest BCUT2D eigenvalue weighted by molar-refractivity contribution is 7.90. The number of H-pyrrole nitrogens is 1. The minimum Gasteiger partial charge on any atom is -0.314 e. The van der Waals surface area contributed by atoms with Gasteiger partial charge >= 0.3 is 0 Å². The topological polar surface area (TPSA) is 104 Å². The van der Waals surface area contributed by atoms with Crippen molar-refractivity contribution in [3.05, 3.63) is 23.8 Å². The van der Waals surface area contributed by atoms with Gasteiger partial charge in [0.15, 0.2) is 9.84 Å². The second-order valence-electron chi connectivity index (χ2n) is 7.52. The number of hydrogen-bond acceptors (Lipinski definition) is 7. The van der Waals surface area contributed by atoms with Gasteiger partial charge in [-0.1, -0.05) is 12.1 Å². The highest BCUT2D eigenvalue weighted by atomic mass is 32.2. The summed E-state index contributed by atoms with van der Waals surface area (Å²) in [6.07, 6.45) is 5.61. The van der Waals surface area contributed by atoms with E-state index in [1.54, 1.807) is 6.07 Å². The Morgan fingerprint density at radius 3 is 2.48 bits per heavy atom. The predicted molar refractivity (Wildman–Crippen MR) is 102 cm³/mol. The van der Waals surface area contributed by atoms with Crippen molar-refractivity contribution in [2.45, 2.75) is 42.5 Å². The van der Waals surface area contributed by atoms with E-state index in [1.165, 1.54) is 6.26 Å². The van der Waals surface area contributed by atoms with Crippen molar-refractivity contribution >= 4 is 9.84 Å². The first-order chi connectivity index (χ1) is 13.0. The Morgan fingerprint density at radius 1 is 1.11 bits per heavy atom. The molecule has 1 aliphatic heterocycles. The van der Waals surface area contributed by atoms with Crippen LogP contribution in [0, 0.1) is 0 Å². The molecule has 1 aromatic heterocycles.